The van der Waals surface area contributed by atoms with E-state index < -0.39 is 26.5 Å². The lowest BCUT2D eigenvalue weighted by Crippen LogP contribution is -2.30. The van der Waals surface area contributed by atoms with Gasteiger partial charge in [-0.15, -0.1) is 0 Å². The monoisotopic (exact) mass is 384 g/mol. The predicted octanol–water partition coefficient (Wildman–Crippen LogP) is 3.06. The molecule has 0 aliphatic carbocycles. The zero-order valence-electron chi connectivity index (χ0n) is 13.9. The first-order chi connectivity index (χ1) is 12.3. The summed E-state index contributed by atoms with van der Waals surface area (Å²) in [7, 11) is -3.06. The van der Waals surface area contributed by atoms with Gasteiger partial charge < -0.3 is 15.4 Å². The first kappa shape index (κ1) is 19.6. The molecule has 0 aliphatic rings. The molecule has 0 fully saturated rings. The molecular weight excluding hydrogens is 366 g/mol. The van der Waals surface area contributed by atoms with Gasteiger partial charge in [0, 0.05) is 12.2 Å². The zero-order valence-corrected chi connectivity index (χ0v) is 14.7. The highest BCUT2D eigenvalue weighted by Gasteiger charge is 2.26. The van der Waals surface area contributed by atoms with Crippen LogP contribution >= 0.6 is 0 Å². The Hall–Kier alpha value is -2.68. The van der Waals surface area contributed by atoms with Crippen LogP contribution < -0.4 is 15.4 Å². The number of sulfone groups is 1. The van der Waals surface area contributed by atoms with Gasteiger partial charge in [-0.1, -0.05) is 12.1 Å². The van der Waals surface area contributed by atoms with E-state index in [-0.39, 0.29) is 0 Å². The quantitative estimate of drug-likeness (QED) is 0.768. The van der Waals surface area contributed by atoms with Crippen molar-refractivity contribution < 1.29 is 26.7 Å². The summed E-state index contributed by atoms with van der Waals surface area (Å²) in [6.45, 7) is 0.385. The summed E-state index contributed by atoms with van der Waals surface area (Å²) in [5, 5.41) is 5.15. The van der Waals surface area contributed by atoms with Crippen LogP contribution in [-0.4, -0.2) is 33.9 Å². The third kappa shape index (κ3) is 5.16. The van der Waals surface area contributed by atoms with Crippen molar-refractivity contribution in [3.8, 4) is 5.75 Å². The number of ether oxygens (including phenoxy) is 1. The fourth-order valence-electron chi connectivity index (χ4n) is 2.12. The number of amides is 2. The standard InChI is InChI=1S/C17H18F2N2O4S/c1-25-14-6-2-12(3-7-14)10-11-20-17(22)21-13-4-8-15(9-5-13)26(23,24)16(18)19/h2-9,16H,10-11H2,1H3,(H2,20,21,22). The number of carbonyl (C=O) groups is 1. The van der Waals surface area contributed by atoms with Crippen molar-refractivity contribution in [2.45, 2.75) is 17.1 Å². The Morgan fingerprint density at radius 1 is 1.08 bits per heavy atom. The van der Waals surface area contributed by atoms with Gasteiger partial charge in [-0.3, -0.25) is 0 Å². The molecule has 0 unspecified atom stereocenters. The molecule has 9 heteroatoms. The molecule has 2 aromatic rings. The lowest BCUT2D eigenvalue weighted by atomic mass is 10.1. The van der Waals surface area contributed by atoms with Crippen LogP contribution in [0.4, 0.5) is 19.3 Å². The molecule has 2 rings (SSSR count). The maximum Gasteiger partial charge on any atom is 0.341 e. The topological polar surface area (TPSA) is 84.5 Å². The molecule has 0 saturated heterocycles. The molecule has 0 bridgehead atoms. The summed E-state index contributed by atoms with van der Waals surface area (Å²) in [6, 6.07) is 11.5. The average molecular weight is 384 g/mol. The van der Waals surface area contributed by atoms with Gasteiger partial charge in [0.25, 0.3) is 0 Å². The van der Waals surface area contributed by atoms with Crippen molar-refractivity contribution >= 4 is 21.6 Å². The second-order valence-electron chi connectivity index (χ2n) is 5.31. The van der Waals surface area contributed by atoms with Crippen LogP contribution in [0.15, 0.2) is 53.4 Å². The Kier molecular flexibility index (Phi) is 6.51. The van der Waals surface area contributed by atoms with Gasteiger partial charge in [-0.2, -0.15) is 8.78 Å². The van der Waals surface area contributed by atoms with E-state index in [4.69, 9.17) is 4.74 Å². The van der Waals surface area contributed by atoms with Crippen molar-refractivity contribution in [1.29, 1.82) is 0 Å². The number of hydrogen-bond donors (Lipinski definition) is 2. The molecule has 0 spiro atoms. The van der Waals surface area contributed by atoms with E-state index >= 15 is 0 Å². The molecular formula is C17H18F2N2O4S. The maximum absolute atomic E-state index is 12.5. The zero-order chi connectivity index (χ0) is 19.2. The number of hydrogen-bond acceptors (Lipinski definition) is 4. The summed E-state index contributed by atoms with van der Waals surface area (Å²) in [5.41, 5.74) is 1.31. The molecule has 26 heavy (non-hydrogen) atoms. The van der Waals surface area contributed by atoms with Crippen LogP contribution in [0, 0.1) is 0 Å². The van der Waals surface area contributed by atoms with Crippen molar-refractivity contribution in [1.82, 2.24) is 5.32 Å². The molecule has 0 saturated carbocycles. The third-order valence-electron chi connectivity index (χ3n) is 3.53. The van der Waals surface area contributed by atoms with Gasteiger partial charge in [-0.05, 0) is 48.4 Å². The number of benzene rings is 2. The molecule has 2 aromatic carbocycles. The summed E-state index contributed by atoms with van der Waals surface area (Å²) in [6.07, 6.45) is 0.614. The number of anilines is 1. The highest BCUT2D eigenvalue weighted by atomic mass is 32.2. The van der Waals surface area contributed by atoms with E-state index in [1.165, 1.54) is 12.1 Å². The Bertz CT molecular complexity index is 838. The molecule has 0 heterocycles. The SMILES string of the molecule is COc1ccc(CCNC(=O)Nc2ccc(S(=O)(=O)C(F)F)cc2)cc1. The number of methoxy groups -OCH3 is 1. The van der Waals surface area contributed by atoms with Crippen LogP contribution in [0.2, 0.25) is 0 Å². The van der Waals surface area contributed by atoms with Crippen LogP contribution in [-0.2, 0) is 16.3 Å². The number of carbonyl (C=O) groups excluding carboxylic acids is 1. The second-order valence-corrected chi connectivity index (χ2v) is 7.23. The largest absolute Gasteiger partial charge is 0.497 e. The minimum Gasteiger partial charge on any atom is -0.497 e. The number of halogens is 2. The average Bonchev–Trinajstić information content (AvgIpc) is 2.62. The van der Waals surface area contributed by atoms with Crippen LogP contribution in [0.5, 0.6) is 5.75 Å². The summed E-state index contributed by atoms with van der Waals surface area (Å²) in [4.78, 5) is 11.3. The summed E-state index contributed by atoms with van der Waals surface area (Å²) in [5.74, 6) is -2.74. The van der Waals surface area contributed by atoms with Gasteiger partial charge in [0.05, 0.1) is 12.0 Å². The van der Waals surface area contributed by atoms with Crippen molar-refractivity contribution in [2.24, 2.45) is 0 Å². The predicted molar refractivity (Wildman–Crippen MR) is 93.4 cm³/mol. The fraction of sp³-hybridized carbons (Fsp3) is 0.235. The van der Waals surface area contributed by atoms with Gasteiger partial charge in [0.15, 0.2) is 0 Å². The van der Waals surface area contributed by atoms with E-state index in [1.807, 2.05) is 24.3 Å². The Balaban J connectivity index is 1.84. The molecule has 6 nitrogen and oxygen atoms in total. The van der Waals surface area contributed by atoms with Crippen molar-refractivity contribution in [3.63, 3.8) is 0 Å². The van der Waals surface area contributed by atoms with E-state index in [9.17, 15) is 22.0 Å². The Morgan fingerprint density at radius 2 is 1.69 bits per heavy atom. The van der Waals surface area contributed by atoms with Crippen LogP contribution in [0.3, 0.4) is 0 Å². The van der Waals surface area contributed by atoms with Gasteiger partial charge in [0.1, 0.15) is 5.75 Å². The van der Waals surface area contributed by atoms with Crippen molar-refractivity contribution in [2.75, 3.05) is 19.0 Å². The first-order valence-electron chi connectivity index (χ1n) is 7.63. The minimum absolute atomic E-state index is 0.292. The molecule has 0 radical (unpaired) electrons. The number of alkyl halides is 2. The van der Waals surface area contributed by atoms with Crippen LogP contribution in [0.25, 0.3) is 0 Å². The molecule has 2 N–H and O–H groups in total. The lowest BCUT2D eigenvalue weighted by molar-refractivity contribution is 0.234. The highest BCUT2D eigenvalue weighted by Crippen LogP contribution is 2.20. The normalized spacial score (nSPS) is 11.2. The maximum atomic E-state index is 12.5. The number of urea groups is 1. The summed E-state index contributed by atoms with van der Waals surface area (Å²) >= 11 is 0. The third-order valence-corrected chi connectivity index (χ3v) is 4.93. The van der Waals surface area contributed by atoms with Crippen molar-refractivity contribution in [3.05, 3.63) is 54.1 Å². The van der Waals surface area contributed by atoms with E-state index in [1.54, 1.807) is 7.11 Å². The molecule has 0 aromatic heterocycles. The molecule has 2 amide bonds. The molecule has 0 atom stereocenters. The van der Waals surface area contributed by atoms with E-state index in [0.717, 1.165) is 23.4 Å². The number of nitrogens with one attached hydrogen (secondary N) is 2. The van der Waals surface area contributed by atoms with E-state index in [2.05, 4.69) is 10.6 Å². The minimum atomic E-state index is -4.64. The Morgan fingerprint density at radius 3 is 2.23 bits per heavy atom. The first-order valence-corrected chi connectivity index (χ1v) is 9.17. The summed E-state index contributed by atoms with van der Waals surface area (Å²) < 4.78 is 52.6. The van der Waals surface area contributed by atoms with E-state index in [0.29, 0.717) is 18.7 Å². The van der Waals surface area contributed by atoms with Gasteiger partial charge in [0.2, 0.25) is 9.84 Å². The second kappa shape index (κ2) is 8.61. The van der Waals surface area contributed by atoms with Crippen LogP contribution in [0.1, 0.15) is 5.56 Å². The number of rotatable bonds is 7. The molecule has 140 valence electrons. The lowest BCUT2D eigenvalue weighted by Gasteiger charge is -2.09. The van der Waals surface area contributed by atoms with Gasteiger partial charge >= 0.3 is 11.8 Å². The van der Waals surface area contributed by atoms with Gasteiger partial charge in [-0.25, -0.2) is 13.2 Å². The highest BCUT2D eigenvalue weighted by molar-refractivity contribution is 7.91. The Labute approximate surface area is 150 Å². The fourth-order valence-corrected chi connectivity index (χ4v) is 2.84. The molecule has 0 aliphatic heterocycles. The smallest absolute Gasteiger partial charge is 0.341 e.